The van der Waals surface area contributed by atoms with E-state index in [0.29, 0.717) is 35.2 Å². The van der Waals surface area contributed by atoms with Crippen LogP contribution < -0.4 is 18.9 Å². The van der Waals surface area contributed by atoms with Gasteiger partial charge in [0.05, 0.1) is 12.7 Å². The summed E-state index contributed by atoms with van der Waals surface area (Å²) in [4.78, 5) is 12.7. The quantitative estimate of drug-likeness (QED) is 0.426. The SMILES string of the molecule is COc1cc(OCc2ccccc2)ccc1C(=O)/C=C/c1ccc2c(c1)OCO2. The number of rotatable bonds is 7. The van der Waals surface area contributed by atoms with Crippen molar-refractivity contribution in [2.75, 3.05) is 13.9 Å². The molecule has 3 aromatic carbocycles. The maximum atomic E-state index is 12.7. The first-order chi connectivity index (χ1) is 14.2. The number of fused-ring (bicyclic) bond motifs is 1. The topological polar surface area (TPSA) is 54.0 Å². The van der Waals surface area contributed by atoms with Crippen LogP contribution in [0, 0.1) is 0 Å². The van der Waals surface area contributed by atoms with E-state index in [1.165, 1.54) is 13.2 Å². The summed E-state index contributed by atoms with van der Waals surface area (Å²) in [5.74, 6) is 2.34. The smallest absolute Gasteiger partial charge is 0.231 e. The summed E-state index contributed by atoms with van der Waals surface area (Å²) in [7, 11) is 1.54. The zero-order chi connectivity index (χ0) is 20.1. The van der Waals surface area contributed by atoms with Crippen molar-refractivity contribution >= 4 is 11.9 Å². The number of hydrogen-bond donors (Lipinski definition) is 0. The highest BCUT2D eigenvalue weighted by Gasteiger charge is 2.14. The van der Waals surface area contributed by atoms with Crippen LogP contribution in [0.1, 0.15) is 21.5 Å². The molecule has 0 spiro atoms. The summed E-state index contributed by atoms with van der Waals surface area (Å²) in [6, 6.07) is 20.6. The molecule has 146 valence electrons. The summed E-state index contributed by atoms with van der Waals surface area (Å²) >= 11 is 0. The molecule has 0 fully saturated rings. The second-order valence-electron chi connectivity index (χ2n) is 6.45. The van der Waals surface area contributed by atoms with E-state index in [4.69, 9.17) is 18.9 Å². The van der Waals surface area contributed by atoms with E-state index in [1.54, 1.807) is 24.3 Å². The van der Waals surface area contributed by atoms with Crippen molar-refractivity contribution in [1.82, 2.24) is 0 Å². The van der Waals surface area contributed by atoms with Gasteiger partial charge >= 0.3 is 0 Å². The van der Waals surface area contributed by atoms with Gasteiger partial charge in [0.25, 0.3) is 0 Å². The van der Waals surface area contributed by atoms with E-state index in [-0.39, 0.29) is 12.6 Å². The number of allylic oxidation sites excluding steroid dienone is 1. The lowest BCUT2D eigenvalue weighted by molar-refractivity contribution is 0.104. The van der Waals surface area contributed by atoms with Gasteiger partial charge in [0.1, 0.15) is 18.1 Å². The van der Waals surface area contributed by atoms with Crippen LogP contribution in [0.25, 0.3) is 6.08 Å². The summed E-state index contributed by atoms with van der Waals surface area (Å²) in [5, 5.41) is 0. The Morgan fingerprint density at radius 1 is 1.00 bits per heavy atom. The van der Waals surface area contributed by atoms with Gasteiger partial charge in [-0.25, -0.2) is 0 Å². The van der Waals surface area contributed by atoms with Crippen LogP contribution in [0.15, 0.2) is 72.8 Å². The molecule has 3 aromatic rings. The molecule has 1 aliphatic heterocycles. The van der Waals surface area contributed by atoms with Crippen LogP contribution >= 0.6 is 0 Å². The van der Waals surface area contributed by atoms with Gasteiger partial charge in [-0.15, -0.1) is 0 Å². The van der Waals surface area contributed by atoms with Crippen LogP contribution in [0.2, 0.25) is 0 Å². The third kappa shape index (κ3) is 4.41. The van der Waals surface area contributed by atoms with Crippen LogP contribution in [0.3, 0.4) is 0 Å². The fourth-order valence-corrected chi connectivity index (χ4v) is 2.98. The van der Waals surface area contributed by atoms with Crippen LogP contribution in [0.4, 0.5) is 0 Å². The number of ether oxygens (including phenoxy) is 4. The van der Waals surface area contributed by atoms with Gasteiger partial charge < -0.3 is 18.9 Å². The van der Waals surface area contributed by atoms with E-state index in [1.807, 2.05) is 48.5 Å². The Bertz CT molecular complexity index is 1040. The van der Waals surface area contributed by atoms with Crippen LogP contribution in [-0.4, -0.2) is 19.7 Å². The van der Waals surface area contributed by atoms with Crippen molar-refractivity contribution in [2.45, 2.75) is 6.61 Å². The van der Waals surface area contributed by atoms with Crippen molar-refractivity contribution in [3.05, 3.63) is 89.5 Å². The number of hydrogen-bond acceptors (Lipinski definition) is 5. The molecule has 0 saturated carbocycles. The fraction of sp³-hybridized carbons (Fsp3) is 0.125. The number of methoxy groups -OCH3 is 1. The highest BCUT2D eigenvalue weighted by Crippen LogP contribution is 2.33. The molecule has 0 radical (unpaired) electrons. The molecule has 0 saturated heterocycles. The predicted octanol–water partition coefficient (Wildman–Crippen LogP) is 4.90. The van der Waals surface area contributed by atoms with E-state index < -0.39 is 0 Å². The average Bonchev–Trinajstić information content (AvgIpc) is 3.24. The van der Waals surface area contributed by atoms with Crippen molar-refractivity contribution in [3.63, 3.8) is 0 Å². The lowest BCUT2D eigenvalue weighted by Gasteiger charge is -2.10. The molecular formula is C24H20O5. The monoisotopic (exact) mass is 388 g/mol. The third-order valence-corrected chi connectivity index (χ3v) is 4.51. The summed E-state index contributed by atoms with van der Waals surface area (Å²) in [6.45, 7) is 0.665. The third-order valence-electron chi connectivity index (χ3n) is 4.51. The van der Waals surface area contributed by atoms with Gasteiger partial charge in [-0.3, -0.25) is 4.79 Å². The van der Waals surface area contributed by atoms with Gasteiger partial charge in [-0.1, -0.05) is 42.5 Å². The number of carbonyl (C=O) groups is 1. The molecule has 29 heavy (non-hydrogen) atoms. The summed E-state index contributed by atoms with van der Waals surface area (Å²) in [6.07, 6.45) is 3.25. The molecule has 0 unspecified atom stereocenters. The molecule has 0 bridgehead atoms. The highest BCUT2D eigenvalue weighted by molar-refractivity contribution is 6.08. The Labute approximate surface area is 169 Å². The summed E-state index contributed by atoms with van der Waals surface area (Å²) in [5.41, 5.74) is 2.39. The molecule has 0 atom stereocenters. The predicted molar refractivity (Wildman–Crippen MR) is 110 cm³/mol. The maximum absolute atomic E-state index is 12.7. The lowest BCUT2D eigenvalue weighted by atomic mass is 10.1. The van der Waals surface area contributed by atoms with Crippen molar-refractivity contribution in [1.29, 1.82) is 0 Å². The Kier molecular flexibility index (Phi) is 5.47. The number of benzene rings is 3. The van der Waals surface area contributed by atoms with Crippen LogP contribution in [-0.2, 0) is 6.61 Å². The van der Waals surface area contributed by atoms with Gasteiger partial charge in [0.15, 0.2) is 17.3 Å². The molecule has 0 aliphatic carbocycles. The Morgan fingerprint density at radius 3 is 2.66 bits per heavy atom. The van der Waals surface area contributed by atoms with Gasteiger partial charge in [-0.05, 0) is 41.5 Å². The zero-order valence-corrected chi connectivity index (χ0v) is 16.0. The highest BCUT2D eigenvalue weighted by atomic mass is 16.7. The van der Waals surface area contributed by atoms with Crippen molar-refractivity contribution in [2.24, 2.45) is 0 Å². The number of ketones is 1. The van der Waals surface area contributed by atoms with Gasteiger partial charge in [-0.2, -0.15) is 0 Å². The second-order valence-corrected chi connectivity index (χ2v) is 6.45. The number of carbonyl (C=O) groups excluding carboxylic acids is 1. The summed E-state index contributed by atoms with van der Waals surface area (Å²) < 4.78 is 21.9. The van der Waals surface area contributed by atoms with Gasteiger partial charge in [0, 0.05) is 6.07 Å². The fourth-order valence-electron chi connectivity index (χ4n) is 2.98. The minimum absolute atomic E-state index is 0.158. The molecule has 0 N–H and O–H groups in total. The van der Waals surface area contributed by atoms with Gasteiger partial charge in [0.2, 0.25) is 6.79 Å². The average molecular weight is 388 g/mol. The van der Waals surface area contributed by atoms with Crippen molar-refractivity contribution < 1.29 is 23.7 Å². The minimum Gasteiger partial charge on any atom is -0.496 e. The van der Waals surface area contributed by atoms with E-state index in [2.05, 4.69) is 0 Å². The molecule has 5 nitrogen and oxygen atoms in total. The molecule has 0 aromatic heterocycles. The zero-order valence-electron chi connectivity index (χ0n) is 16.0. The minimum atomic E-state index is -0.158. The first-order valence-corrected chi connectivity index (χ1v) is 9.20. The molecule has 1 heterocycles. The Morgan fingerprint density at radius 2 is 1.83 bits per heavy atom. The van der Waals surface area contributed by atoms with E-state index in [9.17, 15) is 4.79 Å². The molecule has 5 heteroatoms. The molecule has 4 rings (SSSR count). The molecular weight excluding hydrogens is 368 g/mol. The largest absolute Gasteiger partial charge is 0.496 e. The normalized spacial score (nSPS) is 12.2. The first-order valence-electron chi connectivity index (χ1n) is 9.20. The standard InChI is InChI=1S/C24H20O5/c1-26-23-14-19(27-15-18-5-3-2-4-6-18)9-10-20(23)21(25)11-7-17-8-12-22-24(13-17)29-16-28-22/h2-14H,15-16H2,1H3/b11-7+. The Balaban J connectivity index is 1.46. The molecule has 1 aliphatic rings. The maximum Gasteiger partial charge on any atom is 0.231 e. The Hall–Kier alpha value is -3.73. The van der Waals surface area contributed by atoms with Crippen molar-refractivity contribution in [3.8, 4) is 23.0 Å². The van der Waals surface area contributed by atoms with E-state index in [0.717, 1.165) is 11.1 Å². The second kappa shape index (κ2) is 8.52. The lowest BCUT2D eigenvalue weighted by Crippen LogP contribution is -2.01. The van der Waals surface area contributed by atoms with Crippen LogP contribution in [0.5, 0.6) is 23.0 Å². The first kappa shape index (κ1) is 18.6. The van der Waals surface area contributed by atoms with E-state index >= 15 is 0 Å². The molecule has 0 amide bonds.